The van der Waals surface area contributed by atoms with Crippen molar-refractivity contribution in [2.75, 3.05) is 13.1 Å². The molecule has 112 valence electrons. The number of rotatable bonds is 4. The van der Waals surface area contributed by atoms with Gasteiger partial charge in [0.2, 0.25) is 5.91 Å². The van der Waals surface area contributed by atoms with E-state index < -0.39 is 0 Å². The number of carbonyl (C=O) groups is 1. The number of hydrogen-bond acceptors (Lipinski definition) is 4. The Labute approximate surface area is 123 Å². The fourth-order valence-electron chi connectivity index (χ4n) is 2.92. The van der Waals surface area contributed by atoms with E-state index in [1.807, 2.05) is 28.6 Å². The second-order valence-corrected chi connectivity index (χ2v) is 5.56. The molecule has 6 nitrogen and oxygen atoms in total. The first-order chi connectivity index (χ1) is 10.2. The second-order valence-electron chi connectivity index (χ2n) is 5.56. The van der Waals surface area contributed by atoms with Crippen molar-refractivity contribution in [3.63, 3.8) is 0 Å². The maximum Gasteiger partial charge on any atom is 0.223 e. The number of piperidine rings is 1. The highest BCUT2D eigenvalue weighted by atomic mass is 16.3. The van der Waals surface area contributed by atoms with E-state index in [1.54, 1.807) is 12.6 Å². The molecule has 0 aromatic carbocycles. The molecule has 1 aliphatic rings. The summed E-state index contributed by atoms with van der Waals surface area (Å²) in [4.78, 5) is 14.3. The van der Waals surface area contributed by atoms with Gasteiger partial charge in [0.05, 0.1) is 6.26 Å². The number of amides is 1. The van der Waals surface area contributed by atoms with Crippen molar-refractivity contribution in [2.24, 2.45) is 7.05 Å². The molecule has 0 bridgehead atoms. The van der Waals surface area contributed by atoms with E-state index >= 15 is 0 Å². The molecule has 2 aromatic heterocycles. The monoisotopic (exact) mass is 288 g/mol. The molecule has 2 aromatic rings. The number of furan rings is 1. The smallest absolute Gasteiger partial charge is 0.223 e. The molecule has 3 heterocycles. The SMILES string of the molecule is Cn1cnnc1C1CCCN(C(=O)CCc2ccco2)C1. The molecule has 1 atom stereocenters. The van der Waals surface area contributed by atoms with Gasteiger partial charge in [0.1, 0.15) is 17.9 Å². The van der Waals surface area contributed by atoms with Crippen molar-refractivity contribution in [2.45, 2.75) is 31.6 Å². The average Bonchev–Trinajstić information content (AvgIpc) is 3.16. The van der Waals surface area contributed by atoms with E-state index in [1.165, 1.54) is 0 Å². The predicted octanol–water partition coefficient (Wildman–Crippen LogP) is 1.75. The Hall–Kier alpha value is -2.11. The number of likely N-dealkylation sites (tertiary alicyclic amines) is 1. The topological polar surface area (TPSA) is 64.2 Å². The molecule has 1 amide bonds. The van der Waals surface area contributed by atoms with Crippen molar-refractivity contribution in [3.05, 3.63) is 36.3 Å². The summed E-state index contributed by atoms with van der Waals surface area (Å²) in [6.45, 7) is 1.58. The molecule has 0 N–H and O–H groups in total. The molecule has 3 rings (SSSR count). The summed E-state index contributed by atoms with van der Waals surface area (Å²) >= 11 is 0. The van der Waals surface area contributed by atoms with Gasteiger partial charge in [0, 0.05) is 38.9 Å². The Morgan fingerprint density at radius 2 is 2.43 bits per heavy atom. The van der Waals surface area contributed by atoms with Gasteiger partial charge in [-0.1, -0.05) is 0 Å². The molecule has 1 aliphatic heterocycles. The number of hydrogen-bond donors (Lipinski definition) is 0. The van der Waals surface area contributed by atoms with Crippen LogP contribution in [0, 0.1) is 0 Å². The molecule has 1 saturated heterocycles. The van der Waals surface area contributed by atoms with Crippen molar-refractivity contribution >= 4 is 5.91 Å². The summed E-state index contributed by atoms with van der Waals surface area (Å²) in [5.74, 6) is 2.32. The molecule has 6 heteroatoms. The van der Waals surface area contributed by atoms with Gasteiger partial charge in [-0.15, -0.1) is 10.2 Å². The Balaban J connectivity index is 1.58. The lowest BCUT2D eigenvalue weighted by atomic mass is 9.96. The summed E-state index contributed by atoms with van der Waals surface area (Å²) in [6.07, 6.45) is 6.60. The molecule has 0 saturated carbocycles. The predicted molar refractivity (Wildman–Crippen MR) is 76.6 cm³/mol. The van der Waals surface area contributed by atoms with Crippen LogP contribution in [0.4, 0.5) is 0 Å². The minimum Gasteiger partial charge on any atom is -0.469 e. The fraction of sp³-hybridized carbons (Fsp3) is 0.533. The molecule has 0 radical (unpaired) electrons. The summed E-state index contributed by atoms with van der Waals surface area (Å²) in [5, 5.41) is 8.11. The van der Waals surface area contributed by atoms with Crippen LogP contribution in [0.1, 0.15) is 36.8 Å². The Morgan fingerprint density at radius 1 is 1.52 bits per heavy atom. The minimum absolute atomic E-state index is 0.193. The normalized spacial score (nSPS) is 18.9. The maximum absolute atomic E-state index is 12.3. The van der Waals surface area contributed by atoms with Crippen molar-refractivity contribution in [1.29, 1.82) is 0 Å². The van der Waals surface area contributed by atoms with E-state index in [4.69, 9.17) is 4.42 Å². The number of aryl methyl sites for hydroxylation is 2. The van der Waals surface area contributed by atoms with Crippen LogP contribution in [-0.2, 0) is 18.3 Å². The number of carbonyl (C=O) groups excluding carboxylic acids is 1. The summed E-state index contributed by atoms with van der Waals surface area (Å²) < 4.78 is 7.22. The largest absolute Gasteiger partial charge is 0.469 e. The lowest BCUT2D eigenvalue weighted by Gasteiger charge is -2.32. The second kappa shape index (κ2) is 6.11. The van der Waals surface area contributed by atoms with E-state index in [9.17, 15) is 4.79 Å². The first-order valence-electron chi connectivity index (χ1n) is 7.38. The van der Waals surface area contributed by atoms with Gasteiger partial charge in [-0.2, -0.15) is 0 Å². The molecule has 0 aliphatic carbocycles. The van der Waals surface area contributed by atoms with Gasteiger partial charge in [0.25, 0.3) is 0 Å². The van der Waals surface area contributed by atoms with Crippen LogP contribution in [0.25, 0.3) is 0 Å². The van der Waals surface area contributed by atoms with E-state index in [2.05, 4.69) is 10.2 Å². The first-order valence-corrected chi connectivity index (χ1v) is 7.38. The van der Waals surface area contributed by atoms with E-state index in [-0.39, 0.29) is 5.91 Å². The van der Waals surface area contributed by atoms with Crippen molar-refractivity contribution in [3.8, 4) is 0 Å². The zero-order chi connectivity index (χ0) is 14.7. The van der Waals surface area contributed by atoms with Crippen LogP contribution >= 0.6 is 0 Å². The zero-order valence-corrected chi connectivity index (χ0v) is 12.2. The van der Waals surface area contributed by atoms with Crippen LogP contribution in [-0.4, -0.2) is 38.7 Å². The van der Waals surface area contributed by atoms with Crippen LogP contribution in [0.15, 0.2) is 29.1 Å². The quantitative estimate of drug-likeness (QED) is 0.859. The van der Waals surface area contributed by atoms with Crippen LogP contribution < -0.4 is 0 Å². The van der Waals surface area contributed by atoms with Gasteiger partial charge in [-0.25, -0.2) is 0 Å². The molecule has 0 spiro atoms. The highest BCUT2D eigenvalue weighted by molar-refractivity contribution is 5.76. The number of aromatic nitrogens is 3. The summed E-state index contributed by atoms with van der Waals surface area (Å²) in [6, 6.07) is 3.76. The van der Waals surface area contributed by atoms with E-state index in [0.717, 1.165) is 37.5 Å². The lowest BCUT2D eigenvalue weighted by Crippen LogP contribution is -2.39. The Kier molecular flexibility index (Phi) is 4.03. The highest BCUT2D eigenvalue weighted by Crippen LogP contribution is 2.25. The molecular weight excluding hydrogens is 268 g/mol. The standard InChI is InChI=1S/C15H20N4O2/c1-18-11-16-17-15(18)12-4-2-8-19(10-12)14(20)7-6-13-5-3-9-21-13/h3,5,9,11-12H,2,4,6-8,10H2,1H3. The molecule has 1 unspecified atom stereocenters. The lowest BCUT2D eigenvalue weighted by molar-refractivity contribution is -0.132. The van der Waals surface area contributed by atoms with Gasteiger partial charge in [-0.3, -0.25) is 4.79 Å². The average molecular weight is 288 g/mol. The fourth-order valence-corrected chi connectivity index (χ4v) is 2.92. The van der Waals surface area contributed by atoms with Crippen LogP contribution in [0.2, 0.25) is 0 Å². The Morgan fingerprint density at radius 3 is 3.14 bits per heavy atom. The van der Waals surface area contributed by atoms with Gasteiger partial charge in [0.15, 0.2) is 0 Å². The zero-order valence-electron chi connectivity index (χ0n) is 12.2. The van der Waals surface area contributed by atoms with Crippen molar-refractivity contribution in [1.82, 2.24) is 19.7 Å². The van der Waals surface area contributed by atoms with Crippen LogP contribution in [0.3, 0.4) is 0 Å². The maximum atomic E-state index is 12.3. The van der Waals surface area contributed by atoms with Gasteiger partial charge < -0.3 is 13.9 Å². The third-order valence-corrected chi connectivity index (χ3v) is 4.05. The summed E-state index contributed by atoms with van der Waals surface area (Å²) in [5.41, 5.74) is 0. The Bertz CT molecular complexity index is 591. The van der Waals surface area contributed by atoms with Gasteiger partial charge >= 0.3 is 0 Å². The number of nitrogens with zero attached hydrogens (tertiary/aromatic N) is 4. The minimum atomic E-state index is 0.193. The van der Waals surface area contributed by atoms with E-state index in [0.29, 0.717) is 18.8 Å². The first kappa shape index (κ1) is 13.9. The highest BCUT2D eigenvalue weighted by Gasteiger charge is 2.27. The molecule has 1 fully saturated rings. The molecular formula is C15H20N4O2. The third-order valence-electron chi connectivity index (χ3n) is 4.05. The molecule has 21 heavy (non-hydrogen) atoms. The third kappa shape index (κ3) is 3.15. The summed E-state index contributed by atoms with van der Waals surface area (Å²) in [7, 11) is 1.95. The van der Waals surface area contributed by atoms with Crippen LogP contribution in [0.5, 0.6) is 0 Å². The van der Waals surface area contributed by atoms with Crippen molar-refractivity contribution < 1.29 is 9.21 Å². The van der Waals surface area contributed by atoms with Gasteiger partial charge in [-0.05, 0) is 25.0 Å².